The Morgan fingerprint density at radius 3 is 2.39 bits per heavy atom. The minimum Gasteiger partial charge on any atom is -0.478 e. The first-order valence-electron chi connectivity index (χ1n) is 10.4. The van der Waals surface area contributed by atoms with Crippen LogP contribution in [0.5, 0.6) is 0 Å². The number of hydrogen-bond donors (Lipinski definition) is 2. The van der Waals surface area contributed by atoms with Gasteiger partial charge in [0.15, 0.2) is 0 Å². The van der Waals surface area contributed by atoms with Gasteiger partial charge in [-0.25, -0.2) is 13.6 Å². The molecule has 0 aliphatic rings. The third-order valence-corrected chi connectivity index (χ3v) is 5.48. The Bertz CT molecular complexity index is 1370. The van der Waals surface area contributed by atoms with Gasteiger partial charge in [0.2, 0.25) is 0 Å². The molecule has 1 aromatic heterocycles. The van der Waals surface area contributed by atoms with Gasteiger partial charge >= 0.3 is 5.97 Å². The Morgan fingerprint density at radius 1 is 1.03 bits per heavy atom. The molecule has 2 N–H and O–H groups in total. The molecule has 0 saturated carbocycles. The molecule has 0 atom stereocenters. The van der Waals surface area contributed by atoms with Crippen LogP contribution in [0.15, 0.2) is 59.0 Å². The first-order valence-corrected chi connectivity index (χ1v) is 10.4. The molecule has 3 aromatic carbocycles. The zero-order chi connectivity index (χ0) is 23.7. The molecule has 0 bridgehead atoms. The van der Waals surface area contributed by atoms with Crippen LogP contribution in [0.2, 0.25) is 0 Å². The molecule has 0 fully saturated rings. The average molecular weight is 449 g/mol. The number of halogens is 2. The van der Waals surface area contributed by atoms with E-state index in [2.05, 4.69) is 5.32 Å². The number of rotatable bonds is 6. The maximum Gasteiger partial charge on any atom is 0.335 e. The number of fused-ring (bicyclic) bond motifs is 1. The Hall–Kier alpha value is -4.00. The molecule has 5 nitrogen and oxygen atoms in total. The van der Waals surface area contributed by atoms with E-state index in [9.17, 15) is 19.1 Å². The summed E-state index contributed by atoms with van der Waals surface area (Å²) in [5, 5.41) is 11.9. The molecule has 4 aromatic rings. The van der Waals surface area contributed by atoms with E-state index < -0.39 is 23.5 Å². The largest absolute Gasteiger partial charge is 0.478 e. The van der Waals surface area contributed by atoms with E-state index in [1.54, 1.807) is 18.2 Å². The molecule has 0 spiro atoms. The van der Waals surface area contributed by atoms with Gasteiger partial charge in [0.25, 0.3) is 5.91 Å². The number of carboxylic acid groups (broad SMARTS) is 1. The molecule has 0 saturated heterocycles. The van der Waals surface area contributed by atoms with E-state index in [-0.39, 0.29) is 33.4 Å². The third kappa shape index (κ3) is 3.98. The first kappa shape index (κ1) is 22.2. The van der Waals surface area contributed by atoms with Gasteiger partial charge in [-0.05, 0) is 60.0 Å². The number of carbonyl (C=O) groups excluding carboxylic acids is 1. The van der Waals surface area contributed by atoms with Crippen molar-refractivity contribution in [2.75, 3.05) is 7.05 Å². The van der Waals surface area contributed by atoms with E-state index >= 15 is 4.39 Å². The zero-order valence-electron chi connectivity index (χ0n) is 18.0. The number of aromatic carboxylic acids is 1. The van der Waals surface area contributed by atoms with Crippen LogP contribution in [0.3, 0.4) is 0 Å². The molecular formula is C26H21F2NO4. The van der Waals surface area contributed by atoms with Crippen molar-refractivity contribution in [1.82, 2.24) is 5.32 Å². The summed E-state index contributed by atoms with van der Waals surface area (Å²) < 4.78 is 35.6. The van der Waals surface area contributed by atoms with E-state index in [0.29, 0.717) is 29.5 Å². The summed E-state index contributed by atoms with van der Waals surface area (Å²) in [4.78, 5) is 24.3. The van der Waals surface area contributed by atoms with Gasteiger partial charge in [-0.3, -0.25) is 4.79 Å². The normalized spacial score (nSPS) is 11.0. The molecule has 0 aliphatic carbocycles. The van der Waals surface area contributed by atoms with E-state index in [1.807, 2.05) is 6.92 Å². The van der Waals surface area contributed by atoms with Crippen LogP contribution in [0.25, 0.3) is 33.4 Å². The topological polar surface area (TPSA) is 79.5 Å². The molecule has 1 amide bonds. The van der Waals surface area contributed by atoms with Crippen molar-refractivity contribution < 1.29 is 27.9 Å². The first-order chi connectivity index (χ1) is 15.8. The van der Waals surface area contributed by atoms with Crippen molar-refractivity contribution in [2.45, 2.75) is 19.8 Å². The predicted molar refractivity (Wildman–Crippen MR) is 121 cm³/mol. The van der Waals surface area contributed by atoms with Crippen LogP contribution in [-0.2, 0) is 6.42 Å². The summed E-state index contributed by atoms with van der Waals surface area (Å²) in [7, 11) is 1.43. The van der Waals surface area contributed by atoms with Crippen LogP contribution >= 0.6 is 0 Å². The molecule has 4 rings (SSSR count). The lowest BCUT2D eigenvalue weighted by Crippen LogP contribution is -2.18. The highest BCUT2D eigenvalue weighted by atomic mass is 19.1. The van der Waals surface area contributed by atoms with Gasteiger partial charge in [-0.15, -0.1) is 0 Å². The minimum atomic E-state index is -1.12. The SMILES string of the molecule is CCCc1cc2oc(-c3ccc(F)cc3)c(C(=O)NC)c2c(F)c1-c1cccc(C(=O)O)c1. The standard InChI is InChI=1S/C26H21F2NO4/c1-3-5-15-13-19-21(23(28)20(15)16-6-4-7-17(12-16)26(31)32)22(25(30)29-2)24(33-19)14-8-10-18(27)11-9-14/h4,6-13H,3,5H2,1-2H3,(H,29,30)(H,31,32). The quantitative estimate of drug-likeness (QED) is 0.375. The molecule has 33 heavy (non-hydrogen) atoms. The average Bonchev–Trinajstić information content (AvgIpc) is 3.19. The lowest BCUT2D eigenvalue weighted by atomic mass is 9.92. The molecule has 0 aliphatic heterocycles. The van der Waals surface area contributed by atoms with Gasteiger partial charge in [-0.1, -0.05) is 25.5 Å². The number of carbonyl (C=O) groups is 2. The van der Waals surface area contributed by atoms with Crippen LogP contribution < -0.4 is 5.32 Å². The van der Waals surface area contributed by atoms with Gasteiger partial charge in [-0.2, -0.15) is 0 Å². The monoisotopic (exact) mass is 449 g/mol. The second-order valence-electron chi connectivity index (χ2n) is 7.63. The van der Waals surface area contributed by atoms with Crippen LogP contribution in [-0.4, -0.2) is 24.0 Å². The van der Waals surface area contributed by atoms with Gasteiger partial charge in [0.1, 0.15) is 23.0 Å². The van der Waals surface area contributed by atoms with Gasteiger partial charge in [0, 0.05) is 18.2 Å². The molecule has 168 valence electrons. The van der Waals surface area contributed by atoms with Crippen molar-refractivity contribution in [3.05, 3.63) is 82.9 Å². The van der Waals surface area contributed by atoms with E-state index in [1.165, 1.54) is 43.4 Å². The van der Waals surface area contributed by atoms with Crippen molar-refractivity contribution in [1.29, 1.82) is 0 Å². The van der Waals surface area contributed by atoms with Crippen molar-refractivity contribution in [3.63, 3.8) is 0 Å². The summed E-state index contributed by atoms with van der Waals surface area (Å²) in [5.74, 6) is -2.67. The van der Waals surface area contributed by atoms with E-state index in [0.717, 1.165) is 0 Å². The summed E-state index contributed by atoms with van der Waals surface area (Å²) in [6.45, 7) is 1.95. The fourth-order valence-corrected chi connectivity index (χ4v) is 4.00. The number of nitrogens with one attached hydrogen (secondary N) is 1. The summed E-state index contributed by atoms with van der Waals surface area (Å²) >= 11 is 0. The lowest BCUT2D eigenvalue weighted by Gasteiger charge is -2.12. The van der Waals surface area contributed by atoms with E-state index in [4.69, 9.17) is 4.42 Å². The molecule has 1 heterocycles. The highest BCUT2D eigenvalue weighted by molar-refractivity contribution is 6.12. The highest BCUT2D eigenvalue weighted by Gasteiger charge is 2.27. The second kappa shape index (κ2) is 8.86. The van der Waals surface area contributed by atoms with Crippen molar-refractivity contribution in [3.8, 4) is 22.5 Å². The number of furan rings is 1. The Kier molecular flexibility index (Phi) is 5.96. The summed E-state index contributed by atoms with van der Waals surface area (Å²) in [6, 6.07) is 13.1. The maximum absolute atomic E-state index is 16.2. The second-order valence-corrected chi connectivity index (χ2v) is 7.63. The van der Waals surface area contributed by atoms with Gasteiger partial charge < -0.3 is 14.8 Å². The Balaban J connectivity index is 2.07. The molecular weight excluding hydrogens is 428 g/mol. The fraction of sp³-hybridized carbons (Fsp3) is 0.154. The molecule has 0 radical (unpaired) electrons. The minimum absolute atomic E-state index is 0.00436. The predicted octanol–water partition coefficient (Wildman–Crippen LogP) is 6.06. The molecule has 0 unspecified atom stereocenters. The van der Waals surface area contributed by atoms with Crippen LogP contribution in [0.1, 0.15) is 39.6 Å². The van der Waals surface area contributed by atoms with Crippen LogP contribution in [0, 0.1) is 11.6 Å². The number of benzene rings is 3. The lowest BCUT2D eigenvalue weighted by molar-refractivity contribution is 0.0696. The summed E-state index contributed by atoms with van der Waals surface area (Å²) in [6.07, 6.45) is 1.23. The molecule has 7 heteroatoms. The van der Waals surface area contributed by atoms with Crippen LogP contribution in [0.4, 0.5) is 8.78 Å². The Labute approximate surface area is 188 Å². The summed E-state index contributed by atoms with van der Waals surface area (Å²) in [5.41, 5.74) is 1.89. The maximum atomic E-state index is 16.2. The number of aryl methyl sites for hydroxylation is 1. The zero-order valence-corrected chi connectivity index (χ0v) is 18.0. The smallest absolute Gasteiger partial charge is 0.335 e. The number of amides is 1. The highest BCUT2D eigenvalue weighted by Crippen LogP contribution is 2.41. The third-order valence-electron chi connectivity index (χ3n) is 5.48. The fourth-order valence-electron chi connectivity index (χ4n) is 4.00. The number of hydrogen-bond acceptors (Lipinski definition) is 3. The van der Waals surface area contributed by atoms with Crippen molar-refractivity contribution >= 4 is 22.8 Å². The number of carboxylic acids is 1. The Morgan fingerprint density at radius 2 is 1.76 bits per heavy atom. The van der Waals surface area contributed by atoms with Gasteiger partial charge in [0.05, 0.1) is 16.5 Å². The van der Waals surface area contributed by atoms with Crippen molar-refractivity contribution in [2.24, 2.45) is 0 Å².